The third-order valence-corrected chi connectivity index (χ3v) is 4.78. The van der Waals surface area contributed by atoms with E-state index in [2.05, 4.69) is 10.4 Å². The average Bonchev–Trinajstić information content (AvgIpc) is 2.53. The molecule has 8 heteroatoms. The van der Waals surface area contributed by atoms with E-state index >= 15 is 0 Å². The predicted octanol–water partition coefficient (Wildman–Crippen LogP) is 2.34. The lowest BCUT2D eigenvalue weighted by molar-refractivity contribution is -0.125. The zero-order chi connectivity index (χ0) is 20.6. The number of hydrogen-bond acceptors (Lipinski definition) is 4. The summed E-state index contributed by atoms with van der Waals surface area (Å²) in [4.78, 5) is 24.7. The SMILES string of the molecule is CC(C)c1nn(CC(=O)NC2CC(C)(O)C2)c(=O)cc1-c1cc(F)cc(F)c1. The molecule has 1 aliphatic rings. The highest BCUT2D eigenvalue weighted by Crippen LogP contribution is 2.31. The Balaban J connectivity index is 1.87. The van der Waals surface area contributed by atoms with Crippen LogP contribution in [0.3, 0.4) is 0 Å². The van der Waals surface area contributed by atoms with E-state index in [-0.39, 0.29) is 30.0 Å². The molecule has 1 aliphatic carbocycles. The second-order valence-corrected chi connectivity index (χ2v) is 7.92. The lowest BCUT2D eigenvalue weighted by Crippen LogP contribution is -2.54. The van der Waals surface area contributed by atoms with Crippen LogP contribution < -0.4 is 10.9 Å². The number of aliphatic hydroxyl groups is 1. The number of carbonyl (C=O) groups is 1. The predicted molar refractivity (Wildman–Crippen MR) is 99.7 cm³/mol. The van der Waals surface area contributed by atoms with Crippen LogP contribution in [0.15, 0.2) is 29.1 Å². The van der Waals surface area contributed by atoms with E-state index in [4.69, 9.17) is 0 Å². The lowest BCUT2D eigenvalue weighted by Gasteiger charge is -2.41. The van der Waals surface area contributed by atoms with Gasteiger partial charge in [-0.05, 0) is 43.4 Å². The van der Waals surface area contributed by atoms with Gasteiger partial charge in [0.15, 0.2) is 0 Å². The fourth-order valence-corrected chi connectivity index (χ4v) is 3.50. The molecule has 0 atom stereocenters. The summed E-state index contributed by atoms with van der Waals surface area (Å²) >= 11 is 0. The Morgan fingerprint density at radius 3 is 2.43 bits per heavy atom. The molecule has 0 unspecified atom stereocenters. The molecule has 0 radical (unpaired) electrons. The summed E-state index contributed by atoms with van der Waals surface area (Å²) < 4.78 is 28.2. The third kappa shape index (κ3) is 4.44. The first-order chi connectivity index (χ1) is 13.0. The summed E-state index contributed by atoms with van der Waals surface area (Å²) in [6.07, 6.45) is 0.921. The van der Waals surface area contributed by atoms with Crippen molar-refractivity contribution in [3.8, 4) is 11.1 Å². The van der Waals surface area contributed by atoms with E-state index in [1.165, 1.54) is 6.07 Å². The summed E-state index contributed by atoms with van der Waals surface area (Å²) in [7, 11) is 0. The first-order valence-electron chi connectivity index (χ1n) is 9.14. The van der Waals surface area contributed by atoms with E-state index < -0.39 is 22.8 Å². The zero-order valence-corrected chi connectivity index (χ0v) is 16.0. The lowest BCUT2D eigenvalue weighted by atomic mass is 9.77. The van der Waals surface area contributed by atoms with Crippen molar-refractivity contribution in [2.75, 3.05) is 0 Å². The van der Waals surface area contributed by atoms with Gasteiger partial charge in [0.25, 0.3) is 5.56 Å². The average molecular weight is 391 g/mol. The summed E-state index contributed by atoms with van der Waals surface area (Å²) in [5.74, 6) is -2.01. The van der Waals surface area contributed by atoms with Crippen molar-refractivity contribution in [1.29, 1.82) is 0 Å². The Bertz CT molecular complexity index is 941. The molecule has 3 rings (SSSR count). The summed E-state index contributed by atoms with van der Waals surface area (Å²) in [6, 6.07) is 4.17. The number of rotatable bonds is 5. The first-order valence-corrected chi connectivity index (χ1v) is 9.14. The van der Waals surface area contributed by atoms with Crippen LogP contribution in [0, 0.1) is 11.6 Å². The molecule has 0 aliphatic heterocycles. The number of nitrogens with zero attached hydrogens (tertiary/aromatic N) is 2. The van der Waals surface area contributed by atoms with Gasteiger partial charge in [0.05, 0.1) is 11.3 Å². The molecule has 1 amide bonds. The molecule has 2 N–H and O–H groups in total. The molecular weight excluding hydrogens is 368 g/mol. The van der Waals surface area contributed by atoms with Crippen molar-refractivity contribution in [1.82, 2.24) is 15.1 Å². The highest BCUT2D eigenvalue weighted by atomic mass is 19.1. The van der Waals surface area contributed by atoms with E-state index in [9.17, 15) is 23.5 Å². The van der Waals surface area contributed by atoms with Gasteiger partial charge >= 0.3 is 0 Å². The maximum absolute atomic E-state index is 13.6. The summed E-state index contributed by atoms with van der Waals surface area (Å²) in [5, 5.41) is 16.8. The van der Waals surface area contributed by atoms with Crippen molar-refractivity contribution in [2.45, 2.75) is 57.7 Å². The minimum atomic E-state index is -0.764. The third-order valence-electron chi connectivity index (χ3n) is 4.78. The zero-order valence-electron chi connectivity index (χ0n) is 16.0. The fourth-order valence-electron chi connectivity index (χ4n) is 3.50. The normalized spacial score (nSPS) is 21.5. The monoisotopic (exact) mass is 391 g/mol. The standard InChI is InChI=1S/C20H23F2N3O3/c1-11(2)19-16(12-4-13(21)6-14(22)5-12)7-18(27)25(24-19)10-17(26)23-15-8-20(3,28)9-15/h4-7,11,15,28H,8-10H2,1-3H3,(H,23,26). The van der Waals surface area contributed by atoms with Crippen molar-refractivity contribution < 1.29 is 18.7 Å². The number of hydrogen-bond donors (Lipinski definition) is 2. The van der Waals surface area contributed by atoms with Crippen LogP contribution in [0.1, 0.15) is 45.2 Å². The van der Waals surface area contributed by atoms with E-state index in [0.717, 1.165) is 22.9 Å². The molecule has 28 heavy (non-hydrogen) atoms. The number of aromatic nitrogens is 2. The number of nitrogens with one attached hydrogen (secondary N) is 1. The molecule has 0 spiro atoms. The molecule has 1 saturated carbocycles. The van der Waals surface area contributed by atoms with Crippen LogP contribution in [-0.4, -0.2) is 32.4 Å². The Hall–Kier alpha value is -2.61. The number of amides is 1. The van der Waals surface area contributed by atoms with Crippen molar-refractivity contribution >= 4 is 5.91 Å². The molecule has 6 nitrogen and oxygen atoms in total. The molecule has 1 aromatic heterocycles. The van der Waals surface area contributed by atoms with Gasteiger partial charge in [-0.3, -0.25) is 9.59 Å². The Morgan fingerprint density at radius 1 is 1.29 bits per heavy atom. The maximum Gasteiger partial charge on any atom is 0.267 e. The molecule has 0 saturated heterocycles. The van der Waals surface area contributed by atoms with Gasteiger partial charge in [0, 0.05) is 23.7 Å². The van der Waals surface area contributed by atoms with Crippen LogP contribution in [0.5, 0.6) is 0 Å². The van der Waals surface area contributed by atoms with Crippen LogP contribution >= 0.6 is 0 Å². The molecule has 150 valence electrons. The van der Waals surface area contributed by atoms with E-state index in [1.807, 2.05) is 13.8 Å². The highest BCUT2D eigenvalue weighted by Gasteiger charge is 2.39. The Labute approximate surface area is 161 Å². The van der Waals surface area contributed by atoms with Crippen LogP contribution in [0.25, 0.3) is 11.1 Å². The number of carbonyl (C=O) groups excluding carboxylic acids is 1. The number of benzene rings is 1. The van der Waals surface area contributed by atoms with Crippen molar-refractivity contribution in [2.24, 2.45) is 0 Å². The topological polar surface area (TPSA) is 84.2 Å². The van der Waals surface area contributed by atoms with Crippen molar-refractivity contribution in [3.63, 3.8) is 0 Å². The highest BCUT2D eigenvalue weighted by molar-refractivity contribution is 5.76. The molecule has 1 heterocycles. The van der Waals surface area contributed by atoms with E-state index in [1.54, 1.807) is 6.92 Å². The summed E-state index contributed by atoms with van der Waals surface area (Å²) in [6.45, 7) is 5.11. The first kappa shape index (κ1) is 20.1. The Kier molecular flexibility index (Phi) is 5.34. The molecule has 1 fully saturated rings. The Morgan fingerprint density at radius 2 is 1.89 bits per heavy atom. The summed E-state index contributed by atoms with van der Waals surface area (Å²) in [5.41, 5.74) is -0.285. The maximum atomic E-state index is 13.6. The van der Waals surface area contributed by atoms with Gasteiger partial charge in [-0.1, -0.05) is 13.8 Å². The second-order valence-electron chi connectivity index (χ2n) is 7.92. The molecule has 2 aromatic rings. The second kappa shape index (κ2) is 7.43. The van der Waals surface area contributed by atoms with Crippen LogP contribution in [0.4, 0.5) is 8.78 Å². The smallest absolute Gasteiger partial charge is 0.267 e. The minimum Gasteiger partial charge on any atom is -0.390 e. The van der Waals surface area contributed by atoms with E-state index in [0.29, 0.717) is 24.1 Å². The number of halogens is 2. The van der Waals surface area contributed by atoms with Gasteiger partial charge in [-0.15, -0.1) is 0 Å². The van der Waals surface area contributed by atoms with Gasteiger partial charge in [0.1, 0.15) is 18.2 Å². The van der Waals surface area contributed by atoms with Gasteiger partial charge in [0.2, 0.25) is 5.91 Å². The van der Waals surface area contributed by atoms with Crippen LogP contribution in [-0.2, 0) is 11.3 Å². The van der Waals surface area contributed by atoms with Gasteiger partial charge in [-0.2, -0.15) is 5.10 Å². The largest absolute Gasteiger partial charge is 0.390 e. The molecular formula is C20H23F2N3O3. The molecule has 0 bridgehead atoms. The fraction of sp³-hybridized carbons (Fsp3) is 0.450. The van der Waals surface area contributed by atoms with Crippen LogP contribution in [0.2, 0.25) is 0 Å². The molecule has 1 aromatic carbocycles. The minimum absolute atomic E-state index is 0.127. The quantitative estimate of drug-likeness (QED) is 0.820. The van der Waals surface area contributed by atoms with Gasteiger partial charge in [-0.25, -0.2) is 13.5 Å². The van der Waals surface area contributed by atoms with Gasteiger partial charge < -0.3 is 10.4 Å². The van der Waals surface area contributed by atoms with Crippen molar-refractivity contribution in [3.05, 3.63) is 51.9 Å².